The number of hydrogen-bond acceptors (Lipinski definition) is 4. The minimum absolute atomic E-state index is 0.527. The maximum absolute atomic E-state index is 8.91. The van der Waals surface area contributed by atoms with Crippen molar-refractivity contribution in [2.45, 2.75) is 0 Å². The SMILES string of the molecule is COc1ccc(C#N)c(OCCN(C)C)c1. The van der Waals surface area contributed by atoms with Gasteiger partial charge in [-0.1, -0.05) is 0 Å². The summed E-state index contributed by atoms with van der Waals surface area (Å²) in [7, 11) is 5.53. The third kappa shape index (κ3) is 3.44. The van der Waals surface area contributed by atoms with E-state index in [1.54, 1.807) is 25.3 Å². The number of hydrogen-bond donors (Lipinski definition) is 0. The lowest BCUT2D eigenvalue weighted by Gasteiger charge is -2.12. The summed E-state index contributed by atoms with van der Waals surface area (Å²) in [6, 6.07) is 7.27. The fourth-order valence-electron chi connectivity index (χ4n) is 1.18. The van der Waals surface area contributed by atoms with Gasteiger partial charge >= 0.3 is 0 Å². The maximum Gasteiger partial charge on any atom is 0.140 e. The quantitative estimate of drug-likeness (QED) is 0.754. The zero-order valence-electron chi connectivity index (χ0n) is 9.86. The molecule has 0 N–H and O–H groups in total. The average molecular weight is 220 g/mol. The van der Waals surface area contributed by atoms with Crippen LogP contribution in [0.25, 0.3) is 0 Å². The van der Waals surface area contributed by atoms with Gasteiger partial charge in [-0.15, -0.1) is 0 Å². The summed E-state index contributed by atoms with van der Waals surface area (Å²) < 4.78 is 10.6. The Bertz CT molecular complexity index is 383. The van der Waals surface area contributed by atoms with Gasteiger partial charge < -0.3 is 14.4 Å². The van der Waals surface area contributed by atoms with Crippen LogP contribution in [0.1, 0.15) is 5.56 Å². The number of rotatable bonds is 5. The van der Waals surface area contributed by atoms with Crippen molar-refractivity contribution in [3.8, 4) is 17.6 Å². The summed E-state index contributed by atoms with van der Waals surface area (Å²) in [5.41, 5.74) is 0.527. The lowest BCUT2D eigenvalue weighted by Crippen LogP contribution is -2.19. The average Bonchev–Trinajstić information content (AvgIpc) is 2.28. The largest absolute Gasteiger partial charge is 0.497 e. The lowest BCUT2D eigenvalue weighted by molar-refractivity contribution is 0.260. The normalized spacial score (nSPS) is 9.94. The molecule has 1 rings (SSSR count). The van der Waals surface area contributed by atoms with E-state index in [4.69, 9.17) is 14.7 Å². The first-order chi connectivity index (χ1) is 7.67. The maximum atomic E-state index is 8.91. The second kappa shape index (κ2) is 5.99. The molecular weight excluding hydrogens is 204 g/mol. The van der Waals surface area contributed by atoms with Crippen molar-refractivity contribution in [3.05, 3.63) is 23.8 Å². The number of nitrogens with zero attached hydrogens (tertiary/aromatic N) is 2. The van der Waals surface area contributed by atoms with E-state index >= 15 is 0 Å². The first-order valence-electron chi connectivity index (χ1n) is 5.03. The minimum atomic E-state index is 0.527. The zero-order valence-corrected chi connectivity index (χ0v) is 9.86. The van der Waals surface area contributed by atoms with Crippen LogP contribution >= 0.6 is 0 Å². The molecule has 0 saturated heterocycles. The highest BCUT2D eigenvalue weighted by atomic mass is 16.5. The molecule has 16 heavy (non-hydrogen) atoms. The van der Waals surface area contributed by atoms with Gasteiger partial charge in [-0.2, -0.15) is 5.26 Å². The molecule has 86 valence electrons. The van der Waals surface area contributed by atoms with Crippen molar-refractivity contribution < 1.29 is 9.47 Å². The van der Waals surface area contributed by atoms with Gasteiger partial charge in [0.2, 0.25) is 0 Å². The summed E-state index contributed by atoms with van der Waals surface area (Å²) in [6.45, 7) is 1.36. The molecule has 0 aliphatic carbocycles. The molecule has 0 aliphatic heterocycles. The van der Waals surface area contributed by atoms with Crippen LogP contribution in [0.5, 0.6) is 11.5 Å². The van der Waals surface area contributed by atoms with Crippen LogP contribution in [-0.4, -0.2) is 39.3 Å². The van der Waals surface area contributed by atoms with Crippen LogP contribution in [0.3, 0.4) is 0 Å². The van der Waals surface area contributed by atoms with Gasteiger partial charge in [-0.05, 0) is 26.2 Å². The standard InChI is InChI=1S/C12H16N2O2/c1-14(2)6-7-16-12-8-11(15-3)5-4-10(12)9-13/h4-5,8H,6-7H2,1-3H3. The third-order valence-corrected chi connectivity index (χ3v) is 2.11. The molecule has 0 amide bonds. The Labute approximate surface area is 96.0 Å². The van der Waals surface area contributed by atoms with Crippen molar-refractivity contribution in [3.63, 3.8) is 0 Å². The van der Waals surface area contributed by atoms with Gasteiger partial charge in [0.15, 0.2) is 0 Å². The molecule has 0 fully saturated rings. The molecule has 0 aromatic heterocycles. The molecule has 0 radical (unpaired) electrons. The first kappa shape index (κ1) is 12.3. The fourth-order valence-corrected chi connectivity index (χ4v) is 1.18. The van der Waals surface area contributed by atoms with Crippen molar-refractivity contribution in [1.29, 1.82) is 5.26 Å². The van der Waals surface area contributed by atoms with E-state index in [0.717, 1.165) is 6.54 Å². The Morgan fingerprint density at radius 1 is 1.38 bits per heavy atom. The zero-order chi connectivity index (χ0) is 12.0. The molecule has 0 unspecified atom stereocenters. The smallest absolute Gasteiger partial charge is 0.140 e. The van der Waals surface area contributed by atoms with E-state index in [1.165, 1.54) is 0 Å². The molecule has 0 saturated carbocycles. The van der Waals surface area contributed by atoms with E-state index in [2.05, 4.69) is 6.07 Å². The van der Waals surface area contributed by atoms with E-state index in [1.807, 2.05) is 19.0 Å². The number of nitriles is 1. The molecule has 0 atom stereocenters. The van der Waals surface area contributed by atoms with E-state index in [0.29, 0.717) is 23.7 Å². The Morgan fingerprint density at radius 3 is 2.69 bits per heavy atom. The van der Waals surface area contributed by atoms with Crippen LogP contribution in [0, 0.1) is 11.3 Å². The molecular formula is C12H16N2O2. The van der Waals surface area contributed by atoms with Crippen LogP contribution < -0.4 is 9.47 Å². The van der Waals surface area contributed by atoms with E-state index in [9.17, 15) is 0 Å². The topological polar surface area (TPSA) is 45.5 Å². The highest BCUT2D eigenvalue weighted by Crippen LogP contribution is 2.23. The number of benzene rings is 1. The summed E-state index contributed by atoms with van der Waals surface area (Å²) in [5, 5.41) is 8.91. The number of methoxy groups -OCH3 is 1. The van der Waals surface area contributed by atoms with Crippen LogP contribution in [0.15, 0.2) is 18.2 Å². The Kier molecular flexibility index (Phi) is 4.62. The van der Waals surface area contributed by atoms with Crippen molar-refractivity contribution >= 4 is 0 Å². The minimum Gasteiger partial charge on any atom is -0.497 e. The summed E-state index contributed by atoms with van der Waals surface area (Å²) in [5.74, 6) is 1.27. The predicted molar refractivity (Wildman–Crippen MR) is 61.8 cm³/mol. The van der Waals surface area contributed by atoms with Gasteiger partial charge in [-0.25, -0.2) is 0 Å². The van der Waals surface area contributed by atoms with Crippen molar-refractivity contribution in [1.82, 2.24) is 4.90 Å². The number of ether oxygens (including phenoxy) is 2. The monoisotopic (exact) mass is 220 g/mol. The molecule has 1 aromatic rings. The summed E-state index contributed by atoms with van der Waals surface area (Å²) >= 11 is 0. The molecule has 0 heterocycles. The second-order valence-corrected chi connectivity index (χ2v) is 3.63. The molecule has 4 heteroatoms. The van der Waals surface area contributed by atoms with E-state index in [-0.39, 0.29) is 0 Å². The van der Waals surface area contributed by atoms with Gasteiger partial charge in [0.1, 0.15) is 24.2 Å². The van der Waals surface area contributed by atoms with Crippen LogP contribution in [-0.2, 0) is 0 Å². The molecule has 4 nitrogen and oxygen atoms in total. The van der Waals surface area contributed by atoms with Crippen LogP contribution in [0.4, 0.5) is 0 Å². The summed E-state index contributed by atoms with van der Waals surface area (Å²) in [4.78, 5) is 2.02. The first-order valence-corrected chi connectivity index (χ1v) is 5.03. The van der Waals surface area contributed by atoms with Gasteiger partial charge in [0.25, 0.3) is 0 Å². The van der Waals surface area contributed by atoms with Crippen LogP contribution in [0.2, 0.25) is 0 Å². The van der Waals surface area contributed by atoms with Gasteiger partial charge in [0.05, 0.1) is 12.7 Å². The molecule has 0 bridgehead atoms. The highest BCUT2D eigenvalue weighted by Gasteiger charge is 2.05. The van der Waals surface area contributed by atoms with E-state index < -0.39 is 0 Å². The molecule has 0 spiro atoms. The molecule has 1 aromatic carbocycles. The molecule has 0 aliphatic rings. The Morgan fingerprint density at radius 2 is 2.12 bits per heavy atom. The van der Waals surface area contributed by atoms with Crippen molar-refractivity contribution in [2.24, 2.45) is 0 Å². The number of likely N-dealkylation sites (N-methyl/N-ethyl adjacent to an activating group) is 1. The van der Waals surface area contributed by atoms with Gasteiger partial charge in [-0.3, -0.25) is 0 Å². The Hall–Kier alpha value is -1.73. The third-order valence-electron chi connectivity index (χ3n) is 2.11. The second-order valence-electron chi connectivity index (χ2n) is 3.63. The Balaban J connectivity index is 2.72. The fraction of sp³-hybridized carbons (Fsp3) is 0.417. The van der Waals surface area contributed by atoms with Gasteiger partial charge in [0, 0.05) is 12.6 Å². The highest BCUT2D eigenvalue weighted by molar-refractivity contribution is 5.47. The van der Waals surface area contributed by atoms with Crippen molar-refractivity contribution in [2.75, 3.05) is 34.4 Å². The lowest BCUT2D eigenvalue weighted by atomic mass is 10.2. The predicted octanol–water partition coefficient (Wildman–Crippen LogP) is 1.51. The summed E-state index contributed by atoms with van der Waals surface area (Å²) in [6.07, 6.45) is 0.